The molecule has 11 heteroatoms. The van der Waals surface area contributed by atoms with Gasteiger partial charge in [-0.2, -0.15) is 10.4 Å². The van der Waals surface area contributed by atoms with Crippen LogP contribution < -0.4 is 0 Å². The lowest BCUT2D eigenvalue weighted by Crippen LogP contribution is -2.41. The lowest BCUT2D eigenvalue weighted by Gasteiger charge is -2.19. The summed E-state index contributed by atoms with van der Waals surface area (Å²) in [6.45, 7) is 1.38. The maximum Gasteiger partial charge on any atom is 0.408 e. The molecule has 0 aliphatic carbocycles. The lowest BCUT2D eigenvalue weighted by atomic mass is 10.2. The number of nitrogens with zero attached hydrogens (tertiary/aromatic N) is 3. The average Bonchev–Trinajstić information content (AvgIpc) is 2.71. The molecule has 0 saturated heterocycles. The van der Waals surface area contributed by atoms with Gasteiger partial charge in [-0.15, -0.1) is 5.11 Å². The van der Waals surface area contributed by atoms with Crippen LogP contribution in [0.5, 0.6) is 0 Å². The van der Waals surface area contributed by atoms with Crippen LogP contribution in [0.25, 0.3) is 0 Å². The van der Waals surface area contributed by atoms with Crippen molar-refractivity contribution < 1.29 is 27.5 Å². The van der Waals surface area contributed by atoms with Gasteiger partial charge in [-0.1, -0.05) is 24.3 Å². The van der Waals surface area contributed by atoms with Gasteiger partial charge in [0, 0.05) is 10.7 Å². The number of carbonyl (C=O) groups excluding carboxylic acids is 2. The largest absolute Gasteiger partial charge is 0.461 e. The first kappa shape index (κ1) is 22.0. The van der Waals surface area contributed by atoms with Crippen LogP contribution in [0.4, 0.5) is 5.69 Å². The SMILES string of the molecule is CCOC(=O)C(C#N)(N=Nc1cccc(S(=O)(=O)Cl)c1)OC(=O)c1ccccc1. The minimum Gasteiger partial charge on any atom is -0.461 e. The summed E-state index contributed by atoms with van der Waals surface area (Å²) in [5, 5.41) is 16.8. The normalized spacial score (nSPS) is 13.3. The second kappa shape index (κ2) is 9.27. The number of carbonyl (C=O) groups is 2. The van der Waals surface area contributed by atoms with Crippen LogP contribution in [-0.2, 0) is 23.3 Å². The van der Waals surface area contributed by atoms with Crippen LogP contribution in [0.15, 0.2) is 69.7 Å². The molecular weight excluding hydrogens is 422 g/mol. The average molecular weight is 436 g/mol. The second-order valence-corrected chi connectivity index (χ2v) is 7.93. The molecule has 29 heavy (non-hydrogen) atoms. The van der Waals surface area contributed by atoms with Gasteiger partial charge in [0.2, 0.25) is 0 Å². The lowest BCUT2D eigenvalue weighted by molar-refractivity contribution is -0.159. The van der Waals surface area contributed by atoms with Crippen molar-refractivity contribution in [3.63, 3.8) is 0 Å². The predicted molar refractivity (Wildman–Crippen MR) is 101 cm³/mol. The molecule has 0 radical (unpaired) electrons. The van der Waals surface area contributed by atoms with E-state index in [1.165, 1.54) is 43.3 Å². The Morgan fingerprint density at radius 3 is 2.45 bits per heavy atom. The van der Waals surface area contributed by atoms with Crippen LogP contribution in [0.2, 0.25) is 0 Å². The van der Waals surface area contributed by atoms with Gasteiger partial charge in [-0.3, -0.25) is 0 Å². The zero-order valence-electron chi connectivity index (χ0n) is 15.0. The van der Waals surface area contributed by atoms with Crippen molar-refractivity contribution in [1.29, 1.82) is 5.26 Å². The number of nitriles is 1. The van der Waals surface area contributed by atoms with Gasteiger partial charge < -0.3 is 9.47 Å². The van der Waals surface area contributed by atoms with E-state index in [0.717, 1.165) is 6.07 Å². The monoisotopic (exact) mass is 435 g/mol. The Labute approximate surface area is 171 Å². The fraction of sp³-hybridized carbons (Fsp3) is 0.167. The van der Waals surface area contributed by atoms with E-state index in [-0.39, 0.29) is 22.8 Å². The molecule has 150 valence electrons. The summed E-state index contributed by atoms with van der Waals surface area (Å²) >= 11 is 0. The van der Waals surface area contributed by atoms with Gasteiger partial charge in [-0.25, -0.2) is 18.0 Å². The van der Waals surface area contributed by atoms with Crippen molar-refractivity contribution >= 4 is 37.4 Å². The smallest absolute Gasteiger partial charge is 0.408 e. The second-order valence-electron chi connectivity index (χ2n) is 5.37. The van der Waals surface area contributed by atoms with Crippen LogP contribution in [0.3, 0.4) is 0 Å². The fourth-order valence-corrected chi connectivity index (χ4v) is 2.81. The van der Waals surface area contributed by atoms with E-state index < -0.39 is 26.7 Å². The van der Waals surface area contributed by atoms with Gasteiger partial charge in [0.05, 0.1) is 22.8 Å². The molecule has 1 unspecified atom stereocenters. The minimum absolute atomic E-state index is 0.0496. The van der Waals surface area contributed by atoms with Crippen molar-refractivity contribution in [2.24, 2.45) is 10.2 Å². The van der Waals surface area contributed by atoms with Gasteiger partial charge in [0.1, 0.15) is 0 Å². The Kier molecular flexibility index (Phi) is 7.03. The molecular formula is C18H14ClN3O6S. The van der Waals surface area contributed by atoms with E-state index in [4.69, 9.17) is 20.2 Å². The first-order valence-corrected chi connectivity index (χ1v) is 10.4. The van der Waals surface area contributed by atoms with Crippen molar-refractivity contribution in [1.82, 2.24) is 0 Å². The number of hydrogen-bond acceptors (Lipinski definition) is 9. The maximum absolute atomic E-state index is 12.3. The number of benzene rings is 2. The van der Waals surface area contributed by atoms with Crippen LogP contribution in [-0.4, -0.2) is 32.7 Å². The first-order chi connectivity index (χ1) is 13.7. The summed E-state index contributed by atoms with van der Waals surface area (Å²) < 4.78 is 32.7. The van der Waals surface area contributed by atoms with Crippen molar-refractivity contribution in [2.75, 3.05) is 6.61 Å². The number of halogens is 1. The molecule has 0 N–H and O–H groups in total. The molecule has 0 fully saturated rings. The molecule has 0 saturated carbocycles. The fourth-order valence-electron chi connectivity index (χ4n) is 2.02. The number of ether oxygens (including phenoxy) is 2. The summed E-state index contributed by atoms with van der Waals surface area (Å²) in [6, 6.07) is 14.1. The number of azo groups is 1. The Hall–Kier alpha value is -3.29. The van der Waals surface area contributed by atoms with E-state index in [9.17, 15) is 23.3 Å². The highest BCUT2D eigenvalue weighted by atomic mass is 35.7. The number of hydrogen-bond donors (Lipinski definition) is 0. The zero-order valence-corrected chi connectivity index (χ0v) is 16.6. The molecule has 0 bridgehead atoms. The summed E-state index contributed by atoms with van der Waals surface area (Å²) in [7, 11) is 1.24. The molecule has 2 aromatic carbocycles. The summed E-state index contributed by atoms with van der Waals surface area (Å²) in [5.74, 6) is -2.26. The van der Waals surface area contributed by atoms with Gasteiger partial charge in [0.15, 0.2) is 6.07 Å². The van der Waals surface area contributed by atoms with Crippen molar-refractivity contribution in [3.05, 3.63) is 60.2 Å². The zero-order chi connectivity index (χ0) is 21.5. The molecule has 0 aliphatic rings. The molecule has 2 aromatic rings. The third kappa shape index (κ3) is 5.60. The van der Waals surface area contributed by atoms with E-state index in [1.807, 2.05) is 0 Å². The maximum atomic E-state index is 12.3. The molecule has 0 spiro atoms. The Balaban J connectivity index is 2.43. The summed E-state index contributed by atoms with van der Waals surface area (Å²) in [5.41, 5.74) is -2.70. The summed E-state index contributed by atoms with van der Waals surface area (Å²) in [4.78, 5) is 24.4. The first-order valence-electron chi connectivity index (χ1n) is 8.06. The number of esters is 2. The van der Waals surface area contributed by atoms with Gasteiger partial charge in [0.25, 0.3) is 9.05 Å². The topological polar surface area (TPSA) is 135 Å². The van der Waals surface area contributed by atoms with Crippen LogP contribution >= 0.6 is 10.7 Å². The van der Waals surface area contributed by atoms with Gasteiger partial charge in [-0.05, 0) is 37.3 Å². The highest BCUT2D eigenvalue weighted by molar-refractivity contribution is 8.13. The van der Waals surface area contributed by atoms with E-state index >= 15 is 0 Å². The van der Waals surface area contributed by atoms with Crippen LogP contribution in [0.1, 0.15) is 17.3 Å². The van der Waals surface area contributed by atoms with Gasteiger partial charge >= 0.3 is 17.7 Å². The predicted octanol–water partition coefficient (Wildman–Crippen LogP) is 3.34. The third-order valence-corrected chi connectivity index (χ3v) is 4.71. The molecule has 0 aliphatic heterocycles. The summed E-state index contributed by atoms with van der Waals surface area (Å²) in [6.07, 6.45) is 0. The van der Waals surface area contributed by atoms with Crippen molar-refractivity contribution in [2.45, 2.75) is 17.5 Å². The van der Waals surface area contributed by atoms with Crippen molar-refractivity contribution in [3.8, 4) is 6.07 Å². The molecule has 2 rings (SSSR count). The van der Waals surface area contributed by atoms with E-state index in [2.05, 4.69) is 10.2 Å². The molecule has 1 atom stereocenters. The Bertz CT molecular complexity index is 1080. The van der Waals surface area contributed by atoms with E-state index in [1.54, 1.807) is 18.2 Å². The van der Waals surface area contributed by atoms with Crippen LogP contribution in [0, 0.1) is 11.3 Å². The molecule has 0 aromatic heterocycles. The highest BCUT2D eigenvalue weighted by Crippen LogP contribution is 2.25. The molecule has 0 amide bonds. The number of rotatable bonds is 7. The standard InChI is InChI=1S/C18H14ClN3O6S/c1-2-27-17(24)18(12-20,28-16(23)13-7-4-3-5-8-13)22-21-14-9-6-10-15(11-14)29(19,25)26/h3-11H,2H2,1H3. The third-order valence-electron chi connectivity index (χ3n) is 3.36. The molecule has 9 nitrogen and oxygen atoms in total. The Morgan fingerprint density at radius 2 is 1.86 bits per heavy atom. The quantitative estimate of drug-likeness (QED) is 0.369. The Morgan fingerprint density at radius 1 is 1.17 bits per heavy atom. The molecule has 0 heterocycles. The minimum atomic E-state index is -4.04. The van der Waals surface area contributed by atoms with E-state index in [0.29, 0.717) is 0 Å². The highest BCUT2D eigenvalue weighted by Gasteiger charge is 2.46.